The van der Waals surface area contributed by atoms with E-state index in [1.807, 2.05) is 54.6 Å². The first kappa shape index (κ1) is 56.0. The molecule has 0 aliphatic heterocycles. The number of nitrogens with one attached hydrogen (secondary N) is 6. The maximum atomic E-state index is 13.4. The van der Waals surface area contributed by atoms with Crippen LogP contribution < -0.4 is 46.1 Å². The van der Waals surface area contributed by atoms with E-state index in [9.17, 15) is 14.4 Å². The molecule has 396 valence electrons. The van der Waals surface area contributed by atoms with E-state index in [0.717, 1.165) is 16.7 Å². The number of amides is 6. The lowest BCUT2D eigenvalue weighted by Gasteiger charge is -2.20. The number of benzene rings is 6. The minimum absolute atomic E-state index is 0.0368. The van der Waals surface area contributed by atoms with E-state index < -0.39 is 18.1 Å². The van der Waals surface area contributed by atoms with E-state index in [4.69, 9.17) is 29.2 Å². The van der Waals surface area contributed by atoms with Gasteiger partial charge in [-0.15, -0.1) is 0 Å². The molecule has 0 unspecified atom stereocenters. The summed E-state index contributed by atoms with van der Waals surface area (Å²) < 4.78 is 15.8. The Morgan fingerprint density at radius 1 is 0.346 bits per heavy atom. The molecule has 0 fully saturated rings. The Morgan fingerprint density at radius 3 is 0.808 bits per heavy atom. The van der Waals surface area contributed by atoms with Gasteiger partial charge in [-0.1, -0.05) is 98.3 Å². The highest BCUT2D eigenvalue weighted by atomic mass is 16.5. The predicted octanol–water partition coefficient (Wildman–Crippen LogP) is 12.9. The molecule has 7 rings (SSSR count). The normalized spacial score (nSPS) is 10.9. The molecule has 0 bridgehead atoms. The van der Waals surface area contributed by atoms with Gasteiger partial charge in [0, 0.05) is 33.8 Å². The van der Waals surface area contributed by atoms with Gasteiger partial charge in [-0.3, -0.25) is 0 Å². The highest BCUT2D eigenvalue weighted by molar-refractivity contribution is 6.02. The number of rotatable bonds is 9. The van der Waals surface area contributed by atoms with Crippen LogP contribution in [0.3, 0.4) is 0 Å². The zero-order valence-electron chi connectivity index (χ0n) is 45.9. The quantitative estimate of drug-likeness (QED) is 0.0764. The Labute approximate surface area is 456 Å². The zero-order valence-corrected chi connectivity index (χ0v) is 45.9. The van der Waals surface area contributed by atoms with Crippen LogP contribution in [0, 0.1) is 35.5 Å². The number of aromatic nitrogens is 3. The number of nitrogens with zero attached hydrogens (tertiary/aromatic N) is 3. The number of urea groups is 3. The summed E-state index contributed by atoms with van der Waals surface area (Å²) in [6.07, 6.45) is 0. The molecule has 0 aliphatic rings. The fourth-order valence-corrected chi connectivity index (χ4v) is 7.46. The number of hydrogen-bond acceptors (Lipinski definition) is 9. The first-order valence-corrected chi connectivity index (χ1v) is 25.0. The number of methoxy groups -OCH3 is 3. The Hall–Kier alpha value is -9.78. The molecule has 0 saturated heterocycles. The molecule has 1 heterocycles. The maximum absolute atomic E-state index is 13.4. The first-order chi connectivity index (χ1) is 37.0. The molecule has 0 spiro atoms. The molecule has 0 atom stereocenters. The van der Waals surface area contributed by atoms with Crippen molar-refractivity contribution in [1.29, 1.82) is 0 Å². The smallest absolute Gasteiger partial charge is 0.323 e. The van der Waals surface area contributed by atoms with Gasteiger partial charge in [-0.2, -0.15) is 15.0 Å². The lowest BCUT2D eigenvalue weighted by molar-refractivity contribution is 0.261. The molecule has 78 heavy (non-hydrogen) atoms. The third-order valence-electron chi connectivity index (χ3n) is 12.0. The first-order valence-electron chi connectivity index (χ1n) is 25.0. The van der Waals surface area contributed by atoms with E-state index in [0.29, 0.717) is 68.1 Å². The van der Waals surface area contributed by atoms with Crippen LogP contribution in [0.1, 0.15) is 113 Å². The second-order valence-electron chi connectivity index (χ2n) is 21.0. The van der Waals surface area contributed by atoms with Crippen LogP contribution in [0.2, 0.25) is 0 Å². The molecule has 6 amide bonds. The van der Waals surface area contributed by atoms with Gasteiger partial charge in [0.05, 0.1) is 38.4 Å². The van der Waals surface area contributed by atoms with Crippen molar-refractivity contribution < 1.29 is 28.6 Å². The molecule has 0 saturated carbocycles. The van der Waals surface area contributed by atoms with Crippen LogP contribution in [-0.4, -0.2) is 54.4 Å². The Balaban J connectivity index is 1.32. The van der Waals surface area contributed by atoms with E-state index >= 15 is 0 Å². The van der Waals surface area contributed by atoms with Crippen molar-refractivity contribution >= 4 is 52.2 Å². The van der Waals surface area contributed by atoms with Crippen molar-refractivity contribution in [2.45, 2.75) is 78.6 Å². The Morgan fingerprint density at radius 2 is 0.590 bits per heavy atom. The van der Waals surface area contributed by atoms with Crippen molar-refractivity contribution in [3.05, 3.63) is 178 Å². The molecule has 15 nitrogen and oxygen atoms in total. The number of hydrogen-bond donors (Lipinski definition) is 6. The fourth-order valence-electron chi connectivity index (χ4n) is 7.46. The molecule has 1 aromatic heterocycles. The van der Waals surface area contributed by atoms with Crippen molar-refractivity contribution in [2.75, 3.05) is 53.2 Å². The zero-order chi connectivity index (χ0) is 56.2. The number of carbonyl (C=O) groups is 3. The summed E-state index contributed by atoms with van der Waals surface area (Å²) in [5.41, 5.74) is 6.65. The second-order valence-corrected chi connectivity index (χ2v) is 21.0. The summed E-state index contributed by atoms with van der Waals surface area (Å²) in [5, 5.41) is 17.4. The van der Waals surface area contributed by atoms with Crippen LogP contribution in [-0.2, 0) is 16.2 Å². The van der Waals surface area contributed by atoms with Gasteiger partial charge in [0.15, 0.2) is 0 Å². The highest BCUT2D eigenvalue weighted by Crippen LogP contribution is 2.30. The SMILES string of the molecule is COc1ccc(NC(=O)Nc2ccc(C(C)(C)C)cc2C#Cc2nc(C#Cc3cc(C(C)(C)C)ccc3NC(=O)Nc3ccc(OC)cc3)nc(C#Cc3cc(C(C)(C)C)ccc3NC(=O)Nc3ccc(OC)cc3)n2)cc1. The number of ether oxygens (including phenoxy) is 3. The van der Waals surface area contributed by atoms with Gasteiger partial charge in [0.1, 0.15) is 17.2 Å². The van der Waals surface area contributed by atoms with Crippen molar-refractivity contribution in [2.24, 2.45) is 0 Å². The molecular formula is C63H63N9O6. The monoisotopic (exact) mass is 1040 g/mol. The molecular weight excluding hydrogens is 979 g/mol. The summed E-state index contributed by atoms with van der Waals surface area (Å²) in [6.45, 7) is 18.8. The van der Waals surface area contributed by atoms with E-state index in [2.05, 4.69) is 130 Å². The van der Waals surface area contributed by atoms with E-state index in [1.54, 1.807) is 94.1 Å². The molecule has 6 aromatic carbocycles. The second kappa shape index (κ2) is 24.3. The van der Waals surface area contributed by atoms with Crippen LogP contribution in [0.5, 0.6) is 17.2 Å². The van der Waals surface area contributed by atoms with Crippen LogP contribution >= 0.6 is 0 Å². The van der Waals surface area contributed by atoms with Gasteiger partial charge >= 0.3 is 18.1 Å². The highest BCUT2D eigenvalue weighted by Gasteiger charge is 2.20. The summed E-state index contributed by atoms with van der Waals surface area (Å²) in [6, 6.07) is 36.5. The minimum atomic E-state index is -0.479. The maximum Gasteiger partial charge on any atom is 0.323 e. The van der Waals surface area contributed by atoms with Gasteiger partial charge in [-0.25, -0.2) is 14.4 Å². The van der Waals surface area contributed by atoms with Crippen LogP contribution in [0.15, 0.2) is 127 Å². The van der Waals surface area contributed by atoms with Gasteiger partial charge in [0.2, 0.25) is 17.5 Å². The third-order valence-corrected chi connectivity index (χ3v) is 12.0. The van der Waals surface area contributed by atoms with Gasteiger partial charge < -0.3 is 46.1 Å². The fraction of sp³-hybridized carbons (Fsp3) is 0.238. The molecule has 6 N–H and O–H groups in total. The largest absolute Gasteiger partial charge is 0.497 e. The lowest BCUT2D eigenvalue weighted by Crippen LogP contribution is -2.20. The van der Waals surface area contributed by atoms with Gasteiger partial charge in [0.25, 0.3) is 0 Å². The van der Waals surface area contributed by atoms with Crippen LogP contribution in [0.25, 0.3) is 0 Å². The average Bonchev–Trinajstić information content (AvgIpc) is 3.39. The summed E-state index contributed by atoms with van der Waals surface area (Å²) >= 11 is 0. The van der Waals surface area contributed by atoms with Crippen LogP contribution in [0.4, 0.5) is 48.5 Å². The molecule has 0 aliphatic carbocycles. The summed E-state index contributed by atoms with van der Waals surface area (Å²) in [4.78, 5) is 54.3. The Kier molecular flexibility index (Phi) is 17.4. The Bertz CT molecular complexity index is 3150. The van der Waals surface area contributed by atoms with Crippen molar-refractivity contribution in [1.82, 2.24) is 15.0 Å². The molecule has 0 radical (unpaired) electrons. The third kappa shape index (κ3) is 15.6. The van der Waals surface area contributed by atoms with Crippen molar-refractivity contribution in [3.8, 4) is 52.8 Å². The molecule has 15 heteroatoms. The minimum Gasteiger partial charge on any atom is -0.497 e. The standard InChI is InChI=1S/C63H63N9O6/c1-61(2,3)43-16-31-52(67-58(73)64-46-19-25-49(76-10)26-20-46)40(37-43)13-34-55-70-56(35-14-41-38-44(62(4,5)6)17-32-53(41)68-59(74)65-47-21-27-50(77-11)28-22-47)72-57(71-55)36-15-42-39-45(63(7,8)9)18-33-54(42)69-60(75)66-48-23-29-51(78-12)30-24-48/h16-33,37-39H,1-12H3,(H2,64,67,73)(H2,65,68,74)(H2,66,69,75). The van der Waals surface area contributed by atoms with E-state index in [-0.39, 0.29) is 33.7 Å². The molecule has 7 aromatic rings. The van der Waals surface area contributed by atoms with Gasteiger partial charge in [-0.05, 0) is 160 Å². The number of anilines is 6. The topological polar surface area (TPSA) is 190 Å². The number of carbonyl (C=O) groups excluding carboxylic acids is 3. The van der Waals surface area contributed by atoms with E-state index in [1.165, 1.54) is 0 Å². The average molecular weight is 1040 g/mol. The summed E-state index contributed by atoms with van der Waals surface area (Å²) in [5.74, 6) is 21.0. The lowest BCUT2D eigenvalue weighted by atomic mass is 9.86. The van der Waals surface area contributed by atoms with Crippen molar-refractivity contribution in [3.63, 3.8) is 0 Å². The predicted molar refractivity (Wildman–Crippen MR) is 310 cm³/mol. The summed E-state index contributed by atoms with van der Waals surface area (Å²) in [7, 11) is 4.72.